The Morgan fingerprint density at radius 3 is 2.48 bits per heavy atom. The minimum absolute atomic E-state index is 0.0363. The molecule has 2 aliphatic rings. The molecule has 1 fully saturated rings. The standard InChI is InChI=1S/C36H42ClN3O4/c1-24-11-16-30(20-25(24)2)43-19-17-39(4)36(42)35-31(21-29-22-40(26(3)41)23-33(35)38-29)28-14-12-27(13-15-28)8-7-18-44-34-10-6-5-9-32(34)37/h5-6,9-16,20,29,33,38H,7-8,17-19,21-23H2,1-4H3/t29?,33-/m1/s1. The van der Waals surface area contributed by atoms with E-state index in [0.717, 1.165) is 35.3 Å². The number of hydrogen-bond acceptors (Lipinski definition) is 5. The van der Waals surface area contributed by atoms with Crippen molar-refractivity contribution in [3.8, 4) is 11.5 Å². The quantitative estimate of drug-likeness (QED) is 0.274. The molecule has 232 valence electrons. The van der Waals surface area contributed by atoms with Gasteiger partial charge in [-0.25, -0.2) is 0 Å². The molecule has 2 heterocycles. The highest BCUT2D eigenvalue weighted by atomic mass is 35.5. The molecule has 7 nitrogen and oxygen atoms in total. The van der Waals surface area contributed by atoms with E-state index >= 15 is 0 Å². The van der Waals surface area contributed by atoms with Gasteiger partial charge in [0.25, 0.3) is 5.91 Å². The van der Waals surface area contributed by atoms with Gasteiger partial charge in [0, 0.05) is 38.7 Å². The van der Waals surface area contributed by atoms with Gasteiger partial charge >= 0.3 is 0 Å². The lowest BCUT2D eigenvalue weighted by molar-refractivity contribution is -0.132. The maximum absolute atomic E-state index is 14.0. The summed E-state index contributed by atoms with van der Waals surface area (Å²) in [4.78, 5) is 29.9. The fourth-order valence-electron chi connectivity index (χ4n) is 5.93. The molecule has 2 bridgehead atoms. The fraction of sp³-hybridized carbons (Fsp3) is 0.389. The first-order valence-corrected chi connectivity index (χ1v) is 15.7. The number of para-hydroxylation sites is 1. The second-order valence-corrected chi connectivity index (χ2v) is 12.2. The van der Waals surface area contributed by atoms with E-state index in [1.54, 1.807) is 11.8 Å². The fourth-order valence-corrected chi connectivity index (χ4v) is 6.12. The summed E-state index contributed by atoms with van der Waals surface area (Å²) in [6.07, 6.45) is 2.42. The molecule has 2 aliphatic heterocycles. The van der Waals surface area contributed by atoms with Gasteiger partial charge in [-0.15, -0.1) is 0 Å². The Morgan fingerprint density at radius 1 is 0.977 bits per heavy atom. The van der Waals surface area contributed by atoms with Crippen molar-refractivity contribution in [1.82, 2.24) is 15.1 Å². The number of rotatable bonds is 11. The Morgan fingerprint density at radius 2 is 1.75 bits per heavy atom. The van der Waals surface area contributed by atoms with Crippen LogP contribution in [0.3, 0.4) is 0 Å². The van der Waals surface area contributed by atoms with Gasteiger partial charge in [0.05, 0.1) is 24.2 Å². The largest absolute Gasteiger partial charge is 0.492 e. The number of benzene rings is 3. The minimum atomic E-state index is -0.223. The van der Waals surface area contributed by atoms with Crippen molar-refractivity contribution in [1.29, 1.82) is 0 Å². The summed E-state index contributed by atoms with van der Waals surface area (Å²) in [5.74, 6) is 1.51. The number of amides is 2. The smallest absolute Gasteiger partial charge is 0.251 e. The van der Waals surface area contributed by atoms with Crippen molar-refractivity contribution in [3.63, 3.8) is 0 Å². The number of carbonyl (C=O) groups excluding carboxylic acids is 2. The second kappa shape index (κ2) is 14.3. The van der Waals surface area contributed by atoms with Crippen LogP contribution in [0.5, 0.6) is 11.5 Å². The number of nitrogens with zero attached hydrogens (tertiary/aromatic N) is 2. The van der Waals surface area contributed by atoms with E-state index < -0.39 is 0 Å². The van der Waals surface area contributed by atoms with Crippen LogP contribution in [0.25, 0.3) is 5.57 Å². The molecule has 2 amide bonds. The first kappa shape index (κ1) is 31.6. The number of likely N-dealkylation sites (N-methyl/N-ethyl adjacent to an activating group) is 1. The third-order valence-electron chi connectivity index (χ3n) is 8.61. The van der Waals surface area contributed by atoms with Crippen LogP contribution in [0.1, 0.15) is 42.0 Å². The minimum Gasteiger partial charge on any atom is -0.492 e. The molecule has 1 N–H and O–H groups in total. The highest BCUT2D eigenvalue weighted by molar-refractivity contribution is 6.32. The highest BCUT2D eigenvalue weighted by Crippen LogP contribution is 2.34. The van der Waals surface area contributed by atoms with Gasteiger partial charge < -0.3 is 24.6 Å². The number of nitrogens with one attached hydrogen (secondary N) is 1. The first-order chi connectivity index (χ1) is 21.2. The summed E-state index contributed by atoms with van der Waals surface area (Å²) in [7, 11) is 1.82. The van der Waals surface area contributed by atoms with Gasteiger partial charge in [0.15, 0.2) is 0 Å². The molecule has 3 aromatic carbocycles. The van der Waals surface area contributed by atoms with Gasteiger partial charge in [-0.05, 0) is 85.2 Å². The lowest BCUT2D eigenvalue weighted by Gasteiger charge is -2.44. The van der Waals surface area contributed by atoms with E-state index in [1.165, 1.54) is 16.7 Å². The van der Waals surface area contributed by atoms with E-state index in [0.29, 0.717) is 50.0 Å². The lowest BCUT2D eigenvalue weighted by atomic mass is 9.82. The van der Waals surface area contributed by atoms with E-state index in [1.807, 2.05) is 54.4 Å². The van der Waals surface area contributed by atoms with Crippen molar-refractivity contribution in [2.24, 2.45) is 0 Å². The molecule has 0 aliphatic carbocycles. The molecule has 1 saturated heterocycles. The maximum atomic E-state index is 14.0. The van der Waals surface area contributed by atoms with Crippen LogP contribution in [-0.4, -0.2) is 73.6 Å². The van der Waals surface area contributed by atoms with Gasteiger partial charge in [0.1, 0.15) is 18.1 Å². The average molecular weight is 616 g/mol. The van der Waals surface area contributed by atoms with Crippen molar-refractivity contribution >= 4 is 29.0 Å². The van der Waals surface area contributed by atoms with Gasteiger partial charge in [0.2, 0.25) is 5.91 Å². The summed E-state index contributed by atoms with van der Waals surface area (Å²) in [6.45, 7) is 8.27. The Bertz CT molecular complexity index is 1520. The van der Waals surface area contributed by atoms with Crippen molar-refractivity contribution < 1.29 is 19.1 Å². The number of fused-ring (bicyclic) bond motifs is 2. The Labute approximate surface area is 265 Å². The molecule has 5 rings (SSSR count). The van der Waals surface area contributed by atoms with Crippen molar-refractivity contribution in [2.45, 2.75) is 52.1 Å². The van der Waals surface area contributed by atoms with Crippen LogP contribution in [0, 0.1) is 13.8 Å². The van der Waals surface area contributed by atoms with Gasteiger partial charge in [-0.1, -0.05) is 54.1 Å². The number of carbonyl (C=O) groups is 2. The SMILES string of the molecule is CC(=O)N1CC2CC(c3ccc(CCCOc4ccccc4Cl)cc3)=C(C(=O)N(C)CCOc3ccc(C)c(C)c3)[C@@H](C1)N2. The lowest BCUT2D eigenvalue weighted by Crippen LogP contribution is -2.61. The third kappa shape index (κ3) is 7.63. The van der Waals surface area contributed by atoms with E-state index in [4.69, 9.17) is 21.1 Å². The first-order valence-electron chi connectivity index (χ1n) is 15.4. The summed E-state index contributed by atoms with van der Waals surface area (Å²) in [5.41, 5.74) is 6.45. The monoisotopic (exact) mass is 615 g/mol. The molecule has 2 atom stereocenters. The second-order valence-electron chi connectivity index (χ2n) is 11.8. The Kier molecular flexibility index (Phi) is 10.3. The summed E-state index contributed by atoms with van der Waals surface area (Å²) in [6, 6.07) is 21.9. The van der Waals surface area contributed by atoms with Crippen LogP contribution in [0.4, 0.5) is 0 Å². The molecule has 1 unspecified atom stereocenters. The van der Waals surface area contributed by atoms with Gasteiger partial charge in [-0.3, -0.25) is 9.59 Å². The molecule has 0 spiro atoms. The van der Waals surface area contributed by atoms with Gasteiger partial charge in [-0.2, -0.15) is 0 Å². The predicted octanol–water partition coefficient (Wildman–Crippen LogP) is 5.85. The Hall–Kier alpha value is -3.81. The average Bonchev–Trinajstić information content (AvgIpc) is 3.01. The number of ether oxygens (including phenoxy) is 2. The predicted molar refractivity (Wildman–Crippen MR) is 175 cm³/mol. The summed E-state index contributed by atoms with van der Waals surface area (Å²) >= 11 is 6.20. The normalized spacial score (nSPS) is 17.8. The molecular formula is C36H42ClN3O4. The highest BCUT2D eigenvalue weighted by Gasteiger charge is 2.39. The van der Waals surface area contributed by atoms with E-state index in [-0.39, 0.29) is 23.9 Å². The molecule has 44 heavy (non-hydrogen) atoms. The molecule has 0 saturated carbocycles. The Balaban J connectivity index is 1.28. The molecule has 0 radical (unpaired) electrons. The van der Waals surface area contributed by atoms with E-state index in [9.17, 15) is 9.59 Å². The number of hydrogen-bond donors (Lipinski definition) is 1. The number of halogens is 1. The maximum Gasteiger partial charge on any atom is 0.251 e. The third-order valence-corrected chi connectivity index (χ3v) is 8.92. The van der Waals surface area contributed by atoms with Crippen LogP contribution in [0.2, 0.25) is 5.02 Å². The molecule has 0 aromatic heterocycles. The van der Waals surface area contributed by atoms with E-state index in [2.05, 4.69) is 43.4 Å². The zero-order chi connectivity index (χ0) is 31.2. The van der Waals surface area contributed by atoms with Crippen molar-refractivity contribution in [3.05, 3.63) is 99.6 Å². The van der Waals surface area contributed by atoms with Crippen LogP contribution < -0.4 is 14.8 Å². The zero-order valence-corrected chi connectivity index (χ0v) is 26.8. The molecular weight excluding hydrogens is 574 g/mol. The topological polar surface area (TPSA) is 71.1 Å². The number of aryl methyl sites for hydroxylation is 3. The van der Waals surface area contributed by atoms with Crippen LogP contribution in [0.15, 0.2) is 72.3 Å². The molecule has 8 heteroatoms. The summed E-state index contributed by atoms with van der Waals surface area (Å²) in [5, 5.41) is 4.24. The number of piperazine rings is 1. The summed E-state index contributed by atoms with van der Waals surface area (Å²) < 4.78 is 11.8. The zero-order valence-electron chi connectivity index (χ0n) is 26.1. The van der Waals surface area contributed by atoms with Crippen LogP contribution >= 0.6 is 11.6 Å². The van der Waals surface area contributed by atoms with Crippen LogP contribution in [-0.2, 0) is 16.0 Å². The van der Waals surface area contributed by atoms with Crippen molar-refractivity contribution in [2.75, 3.05) is 39.9 Å². The molecule has 3 aromatic rings.